The van der Waals surface area contributed by atoms with E-state index in [1.165, 1.54) is 0 Å². The lowest BCUT2D eigenvalue weighted by atomic mass is 9.86. The van der Waals surface area contributed by atoms with Crippen molar-refractivity contribution in [1.29, 1.82) is 0 Å². The van der Waals surface area contributed by atoms with Gasteiger partial charge in [-0.1, -0.05) is 52.3 Å². The zero-order chi connectivity index (χ0) is 20.0. The van der Waals surface area contributed by atoms with Gasteiger partial charge in [0.15, 0.2) is 0 Å². The minimum Gasteiger partial charge on any atom is -0.342 e. The van der Waals surface area contributed by atoms with Gasteiger partial charge in [-0.05, 0) is 47.7 Å². The number of hydrogen-bond donors (Lipinski definition) is 1. The maximum Gasteiger partial charge on any atom is 0.255 e. The largest absolute Gasteiger partial charge is 0.342 e. The minimum atomic E-state index is -0.176. The highest BCUT2D eigenvalue weighted by Crippen LogP contribution is 2.29. The van der Waals surface area contributed by atoms with Crippen LogP contribution in [0.3, 0.4) is 0 Å². The second kappa shape index (κ2) is 8.85. The van der Waals surface area contributed by atoms with Gasteiger partial charge >= 0.3 is 0 Å². The van der Waals surface area contributed by atoms with Crippen LogP contribution in [0, 0.1) is 0 Å². The normalized spacial score (nSPS) is 11.1. The lowest BCUT2D eigenvalue weighted by molar-refractivity contribution is 0.0792. The summed E-state index contributed by atoms with van der Waals surface area (Å²) in [5.41, 5.74) is 2.97. The van der Waals surface area contributed by atoms with E-state index in [1.807, 2.05) is 31.3 Å². The third kappa shape index (κ3) is 5.43. The van der Waals surface area contributed by atoms with Crippen molar-refractivity contribution in [3.05, 3.63) is 65.2 Å². The van der Waals surface area contributed by atoms with Gasteiger partial charge in [0.25, 0.3) is 11.8 Å². The van der Waals surface area contributed by atoms with Gasteiger partial charge < -0.3 is 10.2 Å². The molecule has 0 unspecified atom stereocenters. The standard InChI is InChI=1S/C23H30N2O2/c1-6-7-16-25(5)22(27)18-14-12-17(13-15-18)21(26)24-20-11-9-8-10-19(20)23(2,3)4/h8-15H,6-7,16H2,1-5H3,(H,24,26). The zero-order valence-corrected chi connectivity index (χ0v) is 17.0. The van der Waals surface area contributed by atoms with Crippen molar-refractivity contribution in [1.82, 2.24) is 4.90 Å². The molecule has 0 aliphatic rings. The first-order chi connectivity index (χ1) is 12.7. The Hall–Kier alpha value is -2.62. The summed E-state index contributed by atoms with van der Waals surface area (Å²) in [6, 6.07) is 14.7. The van der Waals surface area contributed by atoms with E-state index in [9.17, 15) is 9.59 Å². The van der Waals surface area contributed by atoms with Crippen molar-refractivity contribution in [3.63, 3.8) is 0 Å². The molecule has 1 N–H and O–H groups in total. The number of unbranched alkanes of at least 4 members (excludes halogenated alkanes) is 1. The number of nitrogens with zero attached hydrogens (tertiary/aromatic N) is 1. The second-order valence-corrected chi connectivity index (χ2v) is 7.91. The first-order valence-electron chi connectivity index (χ1n) is 9.50. The first kappa shape index (κ1) is 20.7. The number of amides is 2. The Morgan fingerprint density at radius 3 is 2.15 bits per heavy atom. The molecule has 0 radical (unpaired) electrons. The third-order valence-electron chi connectivity index (χ3n) is 4.57. The number of carbonyl (C=O) groups excluding carboxylic acids is 2. The molecule has 0 heterocycles. The maximum atomic E-state index is 12.6. The number of benzene rings is 2. The maximum absolute atomic E-state index is 12.6. The van der Waals surface area contributed by atoms with Gasteiger partial charge in [0.1, 0.15) is 0 Å². The molecule has 0 saturated carbocycles. The zero-order valence-electron chi connectivity index (χ0n) is 17.0. The molecular weight excluding hydrogens is 336 g/mol. The van der Waals surface area contributed by atoms with Crippen LogP contribution in [0.1, 0.15) is 66.8 Å². The molecule has 0 saturated heterocycles. The predicted octanol–water partition coefficient (Wildman–Crippen LogP) is 5.11. The van der Waals surface area contributed by atoms with Gasteiger partial charge in [0.2, 0.25) is 0 Å². The molecule has 0 aromatic heterocycles. The Kier molecular flexibility index (Phi) is 6.78. The molecule has 2 amide bonds. The van der Waals surface area contributed by atoms with Crippen LogP contribution in [0.15, 0.2) is 48.5 Å². The SMILES string of the molecule is CCCCN(C)C(=O)c1ccc(C(=O)Nc2ccccc2C(C)(C)C)cc1. The second-order valence-electron chi connectivity index (χ2n) is 7.91. The fourth-order valence-electron chi connectivity index (χ4n) is 2.92. The van der Waals surface area contributed by atoms with E-state index >= 15 is 0 Å². The van der Waals surface area contributed by atoms with E-state index in [4.69, 9.17) is 0 Å². The minimum absolute atomic E-state index is 0.0199. The molecule has 0 bridgehead atoms. The van der Waals surface area contributed by atoms with Gasteiger partial charge in [-0.25, -0.2) is 0 Å². The molecule has 2 aromatic carbocycles. The Balaban J connectivity index is 2.12. The van der Waals surface area contributed by atoms with Gasteiger partial charge in [-0.2, -0.15) is 0 Å². The summed E-state index contributed by atoms with van der Waals surface area (Å²) in [6.45, 7) is 9.19. The Labute approximate surface area is 162 Å². The molecule has 4 heteroatoms. The van der Waals surface area contributed by atoms with Crippen LogP contribution in [-0.4, -0.2) is 30.3 Å². The number of nitrogens with one attached hydrogen (secondary N) is 1. The fourth-order valence-corrected chi connectivity index (χ4v) is 2.92. The van der Waals surface area contributed by atoms with Crippen molar-refractivity contribution in [3.8, 4) is 0 Å². The van der Waals surface area contributed by atoms with Gasteiger partial charge in [-0.15, -0.1) is 0 Å². The van der Waals surface area contributed by atoms with E-state index < -0.39 is 0 Å². The lowest BCUT2D eigenvalue weighted by Gasteiger charge is -2.23. The fraction of sp³-hybridized carbons (Fsp3) is 0.391. The molecule has 0 fully saturated rings. The highest BCUT2D eigenvalue weighted by molar-refractivity contribution is 6.05. The molecule has 0 atom stereocenters. The molecule has 2 aromatic rings. The van der Waals surface area contributed by atoms with Crippen LogP contribution in [0.4, 0.5) is 5.69 Å². The van der Waals surface area contributed by atoms with Crippen LogP contribution >= 0.6 is 0 Å². The molecule has 2 rings (SSSR count). The molecule has 144 valence electrons. The smallest absolute Gasteiger partial charge is 0.255 e. The first-order valence-corrected chi connectivity index (χ1v) is 9.50. The van der Waals surface area contributed by atoms with Crippen LogP contribution in [-0.2, 0) is 5.41 Å². The Morgan fingerprint density at radius 2 is 1.56 bits per heavy atom. The predicted molar refractivity (Wildman–Crippen MR) is 111 cm³/mol. The summed E-state index contributed by atoms with van der Waals surface area (Å²) in [7, 11) is 1.81. The third-order valence-corrected chi connectivity index (χ3v) is 4.57. The van der Waals surface area contributed by atoms with Gasteiger partial charge in [0.05, 0.1) is 0 Å². The molecule has 0 aliphatic carbocycles. The topological polar surface area (TPSA) is 49.4 Å². The highest BCUT2D eigenvalue weighted by atomic mass is 16.2. The van der Waals surface area contributed by atoms with Crippen LogP contribution in [0.2, 0.25) is 0 Å². The number of carbonyl (C=O) groups is 2. The van der Waals surface area contributed by atoms with E-state index in [1.54, 1.807) is 29.2 Å². The van der Waals surface area contributed by atoms with Crippen LogP contribution in [0.25, 0.3) is 0 Å². The monoisotopic (exact) mass is 366 g/mol. The van der Waals surface area contributed by atoms with Crippen LogP contribution < -0.4 is 5.32 Å². The molecular formula is C23H30N2O2. The Bertz CT molecular complexity index is 789. The quantitative estimate of drug-likeness (QED) is 0.772. The van der Waals surface area contributed by atoms with Crippen molar-refractivity contribution in [2.75, 3.05) is 18.9 Å². The van der Waals surface area contributed by atoms with Crippen LogP contribution in [0.5, 0.6) is 0 Å². The van der Waals surface area contributed by atoms with E-state index in [-0.39, 0.29) is 17.2 Å². The van der Waals surface area contributed by atoms with Gasteiger partial charge in [0, 0.05) is 30.4 Å². The highest BCUT2D eigenvalue weighted by Gasteiger charge is 2.19. The summed E-state index contributed by atoms with van der Waals surface area (Å²) in [5, 5.41) is 3.00. The van der Waals surface area contributed by atoms with Crippen molar-refractivity contribution in [2.24, 2.45) is 0 Å². The van der Waals surface area contributed by atoms with Crippen molar-refractivity contribution < 1.29 is 9.59 Å². The molecule has 0 spiro atoms. The lowest BCUT2D eigenvalue weighted by Crippen LogP contribution is -2.27. The molecule has 27 heavy (non-hydrogen) atoms. The number of anilines is 1. The van der Waals surface area contributed by atoms with Gasteiger partial charge in [-0.3, -0.25) is 9.59 Å². The van der Waals surface area contributed by atoms with E-state index in [0.29, 0.717) is 11.1 Å². The molecule has 0 aliphatic heterocycles. The number of para-hydroxylation sites is 1. The average Bonchev–Trinajstić information content (AvgIpc) is 2.65. The van der Waals surface area contributed by atoms with E-state index in [2.05, 4.69) is 33.0 Å². The Morgan fingerprint density at radius 1 is 0.963 bits per heavy atom. The van der Waals surface area contributed by atoms with Crippen molar-refractivity contribution in [2.45, 2.75) is 46.0 Å². The summed E-state index contributed by atoms with van der Waals surface area (Å²) >= 11 is 0. The number of rotatable bonds is 6. The summed E-state index contributed by atoms with van der Waals surface area (Å²) in [6.07, 6.45) is 2.03. The summed E-state index contributed by atoms with van der Waals surface area (Å²) < 4.78 is 0. The summed E-state index contributed by atoms with van der Waals surface area (Å²) in [4.78, 5) is 26.8. The number of hydrogen-bond acceptors (Lipinski definition) is 2. The molecule has 4 nitrogen and oxygen atoms in total. The van der Waals surface area contributed by atoms with E-state index in [0.717, 1.165) is 30.6 Å². The average molecular weight is 367 g/mol. The van der Waals surface area contributed by atoms with Crippen molar-refractivity contribution >= 4 is 17.5 Å². The summed E-state index contributed by atoms with van der Waals surface area (Å²) in [5.74, 6) is -0.196.